The number of carbonyl (C=O) groups excluding carboxylic acids is 4. The highest BCUT2D eigenvalue weighted by Gasteiger charge is 2.62. The summed E-state index contributed by atoms with van der Waals surface area (Å²) in [5.41, 5.74) is 1.23. The van der Waals surface area contributed by atoms with Crippen molar-refractivity contribution in [3.8, 4) is 5.75 Å². The van der Waals surface area contributed by atoms with Gasteiger partial charge in [0.05, 0.1) is 13.2 Å². The van der Waals surface area contributed by atoms with Crippen LogP contribution in [0.4, 0.5) is 0 Å². The second-order valence-corrected chi connectivity index (χ2v) is 11.5. The zero-order valence-electron chi connectivity index (χ0n) is 22.0. The van der Waals surface area contributed by atoms with Crippen molar-refractivity contribution in [1.29, 1.82) is 0 Å². The van der Waals surface area contributed by atoms with Gasteiger partial charge < -0.3 is 25.3 Å². The van der Waals surface area contributed by atoms with Gasteiger partial charge in [0.15, 0.2) is 5.78 Å². The number of fused-ring (bicyclic) bond motifs is 4. The summed E-state index contributed by atoms with van der Waals surface area (Å²) >= 11 is 0. The van der Waals surface area contributed by atoms with E-state index in [1.807, 2.05) is 18.2 Å². The summed E-state index contributed by atoms with van der Waals surface area (Å²) in [5, 5.41) is 6.70. The zero-order valence-corrected chi connectivity index (χ0v) is 22.0. The molecule has 0 spiro atoms. The Morgan fingerprint density at radius 2 is 2.00 bits per heavy atom. The molecule has 0 unspecified atom stereocenters. The molecule has 38 heavy (non-hydrogen) atoms. The van der Waals surface area contributed by atoms with E-state index in [4.69, 9.17) is 4.74 Å². The van der Waals surface area contributed by atoms with Gasteiger partial charge in [0.25, 0.3) is 5.91 Å². The molecule has 3 N–H and O–H groups in total. The van der Waals surface area contributed by atoms with E-state index >= 15 is 0 Å². The number of rotatable bonds is 8. The Bertz CT molecular complexity index is 1290. The number of ether oxygens (including phenoxy) is 1. The van der Waals surface area contributed by atoms with E-state index < -0.39 is 12.1 Å². The molecule has 1 aromatic heterocycles. The van der Waals surface area contributed by atoms with Gasteiger partial charge in [0.1, 0.15) is 17.5 Å². The van der Waals surface area contributed by atoms with E-state index in [2.05, 4.69) is 15.6 Å². The van der Waals surface area contributed by atoms with Crippen molar-refractivity contribution in [2.24, 2.45) is 29.6 Å². The third kappa shape index (κ3) is 4.25. The number of hydrogen-bond acceptors (Lipinski definition) is 5. The quantitative estimate of drug-likeness (QED) is 0.494. The van der Waals surface area contributed by atoms with E-state index in [1.165, 1.54) is 6.42 Å². The number of Topliss-reactive ketones (excluding diaryl/α,β-unsaturated/α-hetero) is 1. The van der Waals surface area contributed by atoms with Crippen LogP contribution in [0, 0.1) is 29.6 Å². The lowest BCUT2D eigenvalue weighted by Gasteiger charge is -2.30. The second kappa shape index (κ2) is 9.75. The molecule has 202 valence electrons. The number of benzene rings is 1. The first-order valence-electron chi connectivity index (χ1n) is 14.0. The lowest BCUT2D eigenvalue weighted by atomic mass is 9.87. The van der Waals surface area contributed by atoms with Gasteiger partial charge >= 0.3 is 0 Å². The van der Waals surface area contributed by atoms with Crippen LogP contribution in [0.5, 0.6) is 5.75 Å². The number of piperidine rings is 1. The fraction of sp³-hybridized carbons (Fsp3) is 0.586. The van der Waals surface area contributed by atoms with Crippen molar-refractivity contribution in [2.45, 2.75) is 57.5 Å². The number of nitrogens with one attached hydrogen (secondary N) is 3. The Morgan fingerprint density at radius 1 is 1.18 bits per heavy atom. The van der Waals surface area contributed by atoms with Gasteiger partial charge in [0, 0.05) is 36.3 Å². The highest BCUT2D eigenvalue weighted by Crippen LogP contribution is 2.62. The maximum atomic E-state index is 13.9. The van der Waals surface area contributed by atoms with E-state index in [0.29, 0.717) is 55.1 Å². The number of methoxy groups -OCH3 is 1. The number of carbonyl (C=O) groups is 4. The molecule has 2 saturated heterocycles. The number of aromatic nitrogens is 1. The summed E-state index contributed by atoms with van der Waals surface area (Å²) in [6.07, 6.45) is 4.26. The van der Waals surface area contributed by atoms with Crippen LogP contribution >= 0.6 is 0 Å². The average Bonchev–Trinajstić information content (AvgIpc) is 3.25. The number of nitrogens with zero attached hydrogens (tertiary/aromatic N) is 1. The second-order valence-electron chi connectivity index (χ2n) is 11.5. The van der Waals surface area contributed by atoms with Crippen molar-refractivity contribution in [3.63, 3.8) is 0 Å². The summed E-state index contributed by atoms with van der Waals surface area (Å²) in [7, 11) is 1.60. The standard InChI is InChI=1S/C29H36N4O5/c1-3-24(34)22(12-15-6-5-9-30-27(15)35)32-28(36)26-18-11-16-10-17(16)20(18)14-33(26)29(37)23-13-19-21(31-23)7-4-8-25(19)38-2/h4,7-8,13,15-18,20,22,26,31H,3,5-6,9-12,14H2,1-2H3,(H,30,35)(H,32,36)/t15-,16-,17-,18-,20+,22-,26-/m0/s1. The van der Waals surface area contributed by atoms with Crippen LogP contribution in [0.1, 0.15) is 55.9 Å². The van der Waals surface area contributed by atoms with Gasteiger partial charge in [-0.15, -0.1) is 0 Å². The van der Waals surface area contributed by atoms with Gasteiger partial charge in [0.2, 0.25) is 11.8 Å². The van der Waals surface area contributed by atoms with Crippen LogP contribution in [0.3, 0.4) is 0 Å². The minimum absolute atomic E-state index is 0.0535. The summed E-state index contributed by atoms with van der Waals surface area (Å²) in [5.74, 6) is 1.40. The maximum absolute atomic E-state index is 13.9. The lowest BCUT2D eigenvalue weighted by Crippen LogP contribution is -2.54. The Hall–Kier alpha value is -3.36. The molecule has 9 heteroatoms. The number of hydrogen-bond donors (Lipinski definition) is 3. The zero-order chi connectivity index (χ0) is 26.6. The first-order chi connectivity index (χ1) is 18.4. The molecular formula is C29H36N4O5. The van der Waals surface area contributed by atoms with Crippen molar-refractivity contribution in [1.82, 2.24) is 20.5 Å². The van der Waals surface area contributed by atoms with Crippen molar-refractivity contribution < 1.29 is 23.9 Å². The number of likely N-dealkylation sites (tertiary alicyclic amines) is 1. The highest BCUT2D eigenvalue weighted by atomic mass is 16.5. The molecule has 9 nitrogen and oxygen atoms in total. The van der Waals surface area contributed by atoms with Gasteiger partial charge in [-0.05, 0) is 74.0 Å². The molecule has 3 heterocycles. The first kappa shape index (κ1) is 24.9. The molecule has 3 amide bonds. The average molecular weight is 521 g/mol. The Labute approximate surface area is 222 Å². The number of H-pyrrole nitrogens is 1. The molecule has 4 aliphatic rings. The molecule has 0 bridgehead atoms. The van der Waals surface area contributed by atoms with Gasteiger partial charge in [-0.25, -0.2) is 0 Å². The molecule has 7 atom stereocenters. The predicted molar refractivity (Wildman–Crippen MR) is 140 cm³/mol. The minimum Gasteiger partial charge on any atom is -0.496 e. The topological polar surface area (TPSA) is 121 Å². The molecule has 1 aromatic carbocycles. The van der Waals surface area contributed by atoms with Gasteiger partial charge in [-0.2, -0.15) is 0 Å². The third-order valence-electron chi connectivity index (χ3n) is 9.38. The van der Waals surface area contributed by atoms with Crippen molar-refractivity contribution in [2.75, 3.05) is 20.2 Å². The normalized spacial score (nSPS) is 30.4. The molecule has 2 aliphatic heterocycles. The first-order valence-corrected chi connectivity index (χ1v) is 14.0. The van der Waals surface area contributed by atoms with Gasteiger partial charge in [-0.3, -0.25) is 19.2 Å². The summed E-state index contributed by atoms with van der Waals surface area (Å²) < 4.78 is 5.46. The highest BCUT2D eigenvalue weighted by molar-refractivity contribution is 6.02. The molecule has 4 fully saturated rings. The SMILES string of the molecule is CCC(=O)[C@H](C[C@@H]1CCCNC1=O)NC(=O)[C@@H]1[C@H]2C[C@@H]3C[C@@H]3[C@H]2CN1C(=O)c1cc2c(OC)cccc2[nH]1. The fourth-order valence-electron chi connectivity index (χ4n) is 7.35. The third-order valence-corrected chi connectivity index (χ3v) is 9.38. The van der Waals surface area contributed by atoms with Crippen LogP contribution in [0.2, 0.25) is 0 Å². The largest absolute Gasteiger partial charge is 0.496 e. The predicted octanol–water partition coefficient (Wildman–Crippen LogP) is 2.65. The van der Waals surface area contributed by atoms with E-state index in [9.17, 15) is 19.2 Å². The molecule has 2 aromatic rings. The number of aromatic amines is 1. The Morgan fingerprint density at radius 3 is 2.76 bits per heavy atom. The van der Waals surface area contributed by atoms with E-state index in [0.717, 1.165) is 23.7 Å². The monoisotopic (exact) mass is 520 g/mol. The summed E-state index contributed by atoms with van der Waals surface area (Å²) in [6, 6.07) is 6.06. The smallest absolute Gasteiger partial charge is 0.271 e. The van der Waals surface area contributed by atoms with Crippen LogP contribution in [-0.4, -0.2) is 65.7 Å². The molecule has 2 saturated carbocycles. The Balaban J connectivity index is 1.26. The van der Waals surface area contributed by atoms with Crippen LogP contribution in [0.25, 0.3) is 10.9 Å². The van der Waals surface area contributed by atoms with Crippen molar-refractivity contribution in [3.05, 3.63) is 30.0 Å². The molecule has 6 rings (SSSR count). The molecule has 2 aliphatic carbocycles. The fourth-order valence-corrected chi connectivity index (χ4v) is 7.35. The van der Waals surface area contributed by atoms with Crippen molar-refractivity contribution >= 4 is 34.4 Å². The minimum atomic E-state index is -0.731. The maximum Gasteiger partial charge on any atom is 0.271 e. The summed E-state index contributed by atoms with van der Waals surface area (Å²) in [4.78, 5) is 58.0. The van der Waals surface area contributed by atoms with Crippen LogP contribution in [-0.2, 0) is 14.4 Å². The lowest BCUT2D eigenvalue weighted by molar-refractivity contribution is -0.133. The number of ketones is 1. The van der Waals surface area contributed by atoms with Crippen LogP contribution in [0.15, 0.2) is 24.3 Å². The molecular weight excluding hydrogens is 484 g/mol. The molecule has 0 radical (unpaired) electrons. The van der Waals surface area contributed by atoms with E-state index in [-0.39, 0.29) is 41.8 Å². The van der Waals surface area contributed by atoms with E-state index in [1.54, 1.807) is 25.0 Å². The summed E-state index contributed by atoms with van der Waals surface area (Å²) in [6.45, 7) is 2.98. The Kier molecular flexibility index (Phi) is 6.40. The van der Waals surface area contributed by atoms with Gasteiger partial charge in [-0.1, -0.05) is 13.0 Å². The number of amides is 3. The van der Waals surface area contributed by atoms with Crippen LogP contribution < -0.4 is 15.4 Å².